The smallest absolute Gasteiger partial charge is 0.294 e. The number of carbonyl (C=O) groups excluding carboxylic acids is 3. The van der Waals surface area contributed by atoms with Crippen LogP contribution in [0.15, 0.2) is 47.4 Å². The first-order valence-corrected chi connectivity index (χ1v) is 9.57. The van der Waals surface area contributed by atoms with Gasteiger partial charge in [0.2, 0.25) is 5.91 Å². The van der Waals surface area contributed by atoms with E-state index in [1.165, 1.54) is 7.11 Å². The fourth-order valence-electron chi connectivity index (χ4n) is 2.70. The molecular formula is C21H20N2O5S. The van der Waals surface area contributed by atoms with Crippen LogP contribution in [-0.2, 0) is 9.59 Å². The van der Waals surface area contributed by atoms with Gasteiger partial charge in [0.25, 0.3) is 11.1 Å². The van der Waals surface area contributed by atoms with Gasteiger partial charge in [-0.15, -0.1) is 0 Å². The van der Waals surface area contributed by atoms with Crippen molar-refractivity contribution in [1.29, 1.82) is 0 Å². The average Bonchev–Trinajstić information content (AvgIpc) is 2.97. The molecule has 0 saturated carbocycles. The number of ether oxygens (including phenoxy) is 2. The zero-order valence-electron chi connectivity index (χ0n) is 16.2. The molecule has 1 aliphatic heterocycles. The van der Waals surface area contributed by atoms with E-state index in [0.717, 1.165) is 22.2 Å². The maximum absolute atomic E-state index is 12.6. The zero-order chi connectivity index (χ0) is 21.0. The van der Waals surface area contributed by atoms with Crippen LogP contribution in [0.2, 0.25) is 0 Å². The van der Waals surface area contributed by atoms with Crippen molar-refractivity contribution in [2.24, 2.45) is 0 Å². The van der Waals surface area contributed by atoms with E-state index in [0.29, 0.717) is 22.7 Å². The van der Waals surface area contributed by atoms with Crippen LogP contribution >= 0.6 is 11.8 Å². The van der Waals surface area contributed by atoms with Crippen molar-refractivity contribution in [2.45, 2.75) is 6.92 Å². The molecule has 150 valence electrons. The first-order chi connectivity index (χ1) is 13.9. The Hall–Kier alpha value is -3.26. The van der Waals surface area contributed by atoms with E-state index in [4.69, 9.17) is 9.47 Å². The van der Waals surface area contributed by atoms with E-state index in [9.17, 15) is 14.4 Å². The maximum atomic E-state index is 12.6. The molecule has 1 saturated heterocycles. The lowest BCUT2D eigenvalue weighted by atomic mass is 10.1. The van der Waals surface area contributed by atoms with Gasteiger partial charge in [0, 0.05) is 17.3 Å². The molecule has 1 heterocycles. The van der Waals surface area contributed by atoms with Crippen molar-refractivity contribution < 1.29 is 23.9 Å². The molecule has 2 aromatic rings. The van der Waals surface area contributed by atoms with E-state index in [1.807, 2.05) is 19.1 Å². The van der Waals surface area contributed by atoms with Crippen LogP contribution in [0.1, 0.15) is 11.1 Å². The first kappa shape index (κ1) is 20.5. The van der Waals surface area contributed by atoms with Gasteiger partial charge in [0.05, 0.1) is 19.1 Å². The second-order valence-corrected chi connectivity index (χ2v) is 7.28. The maximum Gasteiger partial charge on any atom is 0.294 e. The molecule has 7 nitrogen and oxygen atoms in total. The van der Waals surface area contributed by atoms with Crippen molar-refractivity contribution in [3.05, 3.63) is 58.5 Å². The fraction of sp³-hybridized carbons (Fsp3) is 0.190. The van der Waals surface area contributed by atoms with Gasteiger partial charge >= 0.3 is 0 Å². The number of anilines is 1. The summed E-state index contributed by atoms with van der Waals surface area (Å²) >= 11 is 0.788. The highest BCUT2D eigenvalue weighted by Crippen LogP contribution is 2.34. The van der Waals surface area contributed by atoms with Gasteiger partial charge in [-0.25, -0.2) is 0 Å². The van der Waals surface area contributed by atoms with E-state index >= 15 is 0 Å². The molecule has 1 N–H and O–H groups in total. The molecule has 0 radical (unpaired) electrons. The lowest BCUT2D eigenvalue weighted by Crippen LogP contribution is -2.36. The summed E-state index contributed by atoms with van der Waals surface area (Å²) in [5.74, 6) is 0.157. The highest BCUT2D eigenvalue weighted by molar-refractivity contribution is 8.18. The summed E-state index contributed by atoms with van der Waals surface area (Å²) in [4.78, 5) is 38.3. The van der Waals surface area contributed by atoms with Crippen molar-refractivity contribution >= 4 is 40.6 Å². The second kappa shape index (κ2) is 8.83. The van der Waals surface area contributed by atoms with Crippen LogP contribution in [0.3, 0.4) is 0 Å². The summed E-state index contributed by atoms with van der Waals surface area (Å²) in [5.41, 5.74) is 2.29. The van der Waals surface area contributed by atoms with Crippen LogP contribution in [0.25, 0.3) is 6.08 Å². The standard InChI is InChI=1S/C21H20N2O5S/c1-13-4-7-15(8-5-13)22-19(24)12-23-20(25)18(29-21(23)26)10-14-6-9-16(27-2)11-17(14)28-3/h4-11H,12H2,1-3H3,(H,22,24)/b18-10-. The summed E-state index contributed by atoms with van der Waals surface area (Å²) in [5, 5.41) is 2.19. The molecule has 0 aliphatic carbocycles. The monoisotopic (exact) mass is 412 g/mol. The summed E-state index contributed by atoms with van der Waals surface area (Å²) in [6, 6.07) is 12.4. The molecule has 2 aromatic carbocycles. The van der Waals surface area contributed by atoms with E-state index in [-0.39, 0.29) is 11.4 Å². The third-order valence-corrected chi connectivity index (χ3v) is 5.15. The largest absolute Gasteiger partial charge is 0.497 e. The number of hydrogen-bond acceptors (Lipinski definition) is 6. The van der Waals surface area contributed by atoms with Crippen molar-refractivity contribution in [3.8, 4) is 11.5 Å². The van der Waals surface area contributed by atoms with Crippen LogP contribution < -0.4 is 14.8 Å². The Labute approximate surface area is 172 Å². The van der Waals surface area contributed by atoms with Crippen molar-refractivity contribution in [3.63, 3.8) is 0 Å². The van der Waals surface area contributed by atoms with E-state index in [1.54, 1.807) is 43.5 Å². The first-order valence-electron chi connectivity index (χ1n) is 8.75. The van der Waals surface area contributed by atoms with Crippen LogP contribution in [-0.4, -0.2) is 42.7 Å². The third kappa shape index (κ3) is 4.78. The van der Waals surface area contributed by atoms with Gasteiger partial charge in [-0.1, -0.05) is 17.7 Å². The lowest BCUT2D eigenvalue weighted by molar-refractivity contribution is -0.127. The molecule has 0 bridgehead atoms. The summed E-state index contributed by atoms with van der Waals surface area (Å²) < 4.78 is 10.5. The Morgan fingerprint density at radius 3 is 2.48 bits per heavy atom. The number of amides is 3. The number of nitrogens with zero attached hydrogens (tertiary/aromatic N) is 1. The van der Waals surface area contributed by atoms with Crippen molar-refractivity contribution in [2.75, 3.05) is 26.1 Å². The number of aryl methyl sites for hydroxylation is 1. The number of hydrogen-bond donors (Lipinski definition) is 1. The number of nitrogens with one attached hydrogen (secondary N) is 1. The fourth-order valence-corrected chi connectivity index (χ4v) is 3.53. The van der Waals surface area contributed by atoms with Gasteiger partial charge < -0.3 is 14.8 Å². The highest BCUT2D eigenvalue weighted by atomic mass is 32.2. The molecule has 3 rings (SSSR count). The zero-order valence-corrected chi connectivity index (χ0v) is 17.0. The molecular weight excluding hydrogens is 392 g/mol. The number of benzene rings is 2. The topological polar surface area (TPSA) is 84.9 Å². The number of rotatable bonds is 6. The Morgan fingerprint density at radius 1 is 1.10 bits per heavy atom. The molecule has 0 aromatic heterocycles. The summed E-state index contributed by atoms with van der Waals surface area (Å²) in [6.45, 7) is 1.59. The normalized spacial score (nSPS) is 15.0. The van der Waals surface area contributed by atoms with Crippen LogP contribution in [0.4, 0.5) is 10.5 Å². The SMILES string of the molecule is COc1ccc(/C=C2\SC(=O)N(CC(=O)Nc3ccc(C)cc3)C2=O)c(OC)c1. The Morgan fingerprint density at radius 2 is 1.83 bits per heavy atom. The summed E-state index contributed by atoms with van der Waals surface area (Å²) in [7, 11) is 3.05. The van der Waals surface area contributed by atoms with Crippen molar-refractivity contribution in [1.82, 2.24) is 4.90 Å². The minimum atomic E-state index is -0.517. The quantitative estimate of drug-likeness (QED) is 0.729. The minimum absolute atomic E-state index is 0.224. The third-order valence-electron chi connectivity index (χ3n) is 4.24. The molecule has 8 heteroatoms. The van der Waals surface area contributed by atoms with Crippen LogP contribution in [0, 0.1) is 6.92 Å². The van der Waals surface area contributed by atoms with Gasteiger partial charge in [0.15, 0.2) is 0 Å². The summed E-state index contributed by atoms with van der Waals surface area (Å²) in [6.07, 6.45) is 1.57. The molecule has 1 aliphatic rings. The second-order valence-electron chi connectivity index (χ2n) is 6.29. The molecule has 1 fully saturated rings. The Bertz CT molecular complexity index is 985. The number of imide groups is 1. The Kier molecular flexibility index (Phi) is 6.23. The Balaban J connectivity index is 1.73. The highest BCUT2D eigenvalue weighted by Gasteiger charge is 2.36. The molecule has 0 spiro atoms. The minimum Gasteiger partial charge on any atom is -0.497 e. The van der Waals surface area contributed by atoms with E-state index < -0.39 is 17.1 Å². The lowest BCUT2D eigenvalue weighted by Gasteiger charge is -2.12. The average molecular weight is 412 g/mol. The van der Waals surface area contributed by atoms with Gasteiger partial charge in [-0.3, -0.25) is 19.3 Å². The number of methoxy groups -OCH3 is 2. The van der Waals surface area contributed by atoms with Crippen LogP contribution in [0.5, 0.6) is 11.5 Å². The predicted molar refractivity (Wildman–Crippen MR) is 112 cm³/mol. The van der Waals surface area contributed by atoms with E-state index in [2.05, 4.69) is 5.32 Å². The van der Waals surface area contributed by atoms with Gasteiger partial charge in [0.1, 0.15) is 18.0 Å². The van der Waals surface area contributed by atoms with Gasteiger partial charge in [-0.2, -0.15) is 0 Å². The predicted octanol–water partition coefficient (Wildman–Crippen LogP) is 3.69. The molecule has 29 heavy (non-hydrogen) atoms. The number of thioether (sulfide) groups is 1. The molecule has 0 unspecified atom stereocenters. The van der Waals surface area contributed by atoms with Gasteiger partial charge in [-0.05, 0) is 49.0 Å². The number of carbonyl (C=O) groups is 3. The molecule has 0 atom stereocenters. The molecule has 3 amide bonds.